The molecule has 0 saturated carbocycles. The number of nitrogens with one attached hydrogen (secondary N) is 1. The highest BCUT2D eigenvalue weighted by Gasteiger charge is 2.31. The Morgan fingerprint density at radius 2 is 2.03 bits per heavy atom. The molecule has 1 N–H and O–H groups in total. The van der Waals surface area contributed by atoms with Crippen LogP contribution < -0.4 is 5.32 Å². The highest BCUT2D eigenvalue weighted by Crippen LogP contribution is 2.34. The summed E-state index contributed by atoms with van der Waals surface area (Å²) in [5, 5.41) is 4.47. The van der Waals surface area contributed by atoms with Crippen molar-refractivity contribution in [3.8, 4) is 0 Å². The van der Waals surface area contributed by atoms with Crippen molar-refractivity contribution in [1.82, 2.24) is 20.1 Å². The summed E-state index contributed by atoms with van der Waals surface area (Å²) >= 11 is 0. The average Bonchev–Trinajstić information content (AvgIpc) is 2.75. The minimum absolute atomic E-state index is 0.0956. The van der Waals surface area contributed by atoms with Crippen LogP contribution in [0.25, 0.3) is 10.9 Å². The number of hydrogen-bond acceptors (Lipinski definition) is 4. The Bertz CT molecular complexity index is 919. The van der Waals surface area contributed by atoms with Gasteiger partial charge in [-0.2, -0.15) is 0 Å². The zero-order valence-electron chi connectivity index (χ0n) is 18.3. The molecule has 1 aromatic carbocycles. The van der Waals surface area contributed by atoms with E-state index in [4.69, 9.17) is 0 Å². The van der Waals surface area contributed by atoms with Gasteiger partial charge in [-0.05, 0) is 56.9 Å². The van der Waals surface area contributed by atoms with Gasteiger partial charge >= 0.3 is 6.03 Å². The number of aliphatic imine (C=N–C) groups is 1. The highest BCUT2D eigenvalue weighted by molar-refractivity contribution is 5.99. The van der Waals surface area contributed by atoms with E-state index in [0.29, 0.717) is 17.9 Å². The Labute approximate surface area is 179 Å². The van der Waals surface area contributed by atoms with Crippen molar-refractivity contribution in [1.29, 1.82) is 0 Å². The van der Waals surface area contributed by atoms with Gasteiger partial charge in [0.2, 0.25) is 0 Å². The largest absolute Gasteiger partial charge is 0.335 e. The predicted octanol–water partition coefficient (Wildman–Crippen LogP) is 3.51. The lowest BCUT2D eigenvalue weighted by molar-refractivity contribution is 0.150. The van der Waals surface area contributed by atoms with Crippen LogP contribution in [0.5, 0.6) is 0 Å². The molecule has 2 amide bonds. The van der Waals surface area contributed by atoms with Gasteiger partial charge in [0.25, 0.3) is 0 Å². The number of hydrogen-bond donors (Lipinski definition) is 1. The molecule has 2 fully saturated rings. The summed E-state index contributed by atoms with van der Waals surface area (Å²) < 4.78 is 0. The zero-order valence-corrected chi connectivity index (χ0v) is 18.3. The molecular formula is C24H33N5O. The van der Waals surface area contributed by atoms with E-state index in [0.717, 1.165) is 56.5 Å². The van der Waals surface area contributed by atoms with Crippen LogP contribution in [-0.2, 0) is 0 Å². The van der Waals surface area contributed by atoms with E-state index >= 15 is 0 Å². The first-order chi connectivity index (χ1) is 14.5. The molecule has 2 aromatic rings. The highest BCUT2D eigenvalue weighted by atomic mass is 16.2. The molecule has 0 radical (unpaired) electrons. The molecule has 0 aliphatic carbocycles. The van der Waals surface area contributed by atoms with E-state index in [2.05, 4.69) is 52.4 Å². The maximum atomic E-state index is 13.0. The van der Waals surface area contributed by atoms with Crippen LogP contribution >= 0.6 is 0 Å². The standard InChI is InChI=1S/C24H33N5O/c1-17-13-19(16-29(15-17)24(30)27-20-8-11-28(3)12-9-20)21-7-6-18(14-25-2)23-22(21)5-4-10-26-23/h4-7,10,14,17,19-20H,8-9,11-13,15-16H2,1-3H3,(H,27,30)/t17-,19?/m1/s1. The SMILES string of the molecule is CN=Cc1ccc(C2C[C@@H](C)CN(C(=O)NC3CCN(C)CC3)C2)c2cccnc12. The topological polar surface area (TPSA) is 60.8 Å². The molecule has 0 spiro atoms. The quantitative estimate of drug-likeness (QED) is 0.792. The van der Waals surface area contributed by atoms with E-state index < -0.39 is 0 Å². The molecule has 2 atom stereocenters. The number of likely N-dealkylation sites (tertiary alicyclic amines) is 2. The fraction of sp³-hybridized carbons (Fsp3) is 0.542. The Morgan fingerprint density at radius 3 is 2.80 bits per heavy atom. The summed E-state index contributed by atoms with van der Waals surface area (Å²) in [4.78, 5) is 26.2. The number of amides is 2. The van der Waals surface area contributed by atoms with Gasteiger partial charge in [0.15, 0.2) is 0 Å². The molecule has 2 aliphatic rings. The number of carbonyl (C=O) groups is 1. The number of urea groups is 1. The lowest BCUT2D eigenvalue weighted by atomic mass is 9.83. The lowest BCUT2D eigenvalue weighted by Crippen LogP contribution is -2.52. The van der Waals surface area contributed by atoms with Gasteiger partial charge in [0.05, 0.1) is 5.52 Å². The summed E-state index contributed by atoms with van der Waals surface area (Å²) in [5.74, 6) is 0.784. The minimum Gasteiger partial charge on any atom is -0.335 e. The van der Waals surface area contributed by atoms with Crippen molar-refractivity contribution in [3.05, 3.63) is 41.6 Å². The fourth-order valence-corrected chi connectivity index (χ4v) is 4.98. The normalized spacial score (nSPS) is 23.9. The Balaban J connectivity index is 1.54. The second-order valence-corrected chi connectivity index (χ2v) is 9.00. The first-order valence-corrected chi connectivity index (χ1v) is 11.1. The number of nitrogens with zero attached hydrogens (tertiary/aromatic N) is 4. The van der Waals surface area contributed by atoms with E-state index in [1.807, 2.05) is 23.4 Å². The van der Waals surface area contributed by atoms with Crippen LogP contribution in [0.2, 0.25) is 0 Å². The van der Waals surface area contributed by atoms with Crippen molar-refractivity contribution in [2.75, 3.05) is 40.3 Å². The Morgan fingerprint density at radius 1 is 1.23 bits per heavy atom. The molecule has 4 rings (SSSR count). The third-order valence-electron chi connectivity index (χ3n) is 6.54. The number of pyridine rings is 1. The summed E-state index contributed by atoms with van der Waals surface area (Å²) in [5.41, 5.74) is 3.31. The molecule has 1 unspecified atom stereocenters. The van der Waals surface area contributed by atoms with Crippen LogP contribution in [0, 0.1) is 5.92 Å². The van der Waals surface area contributed by atoms with E-state index in [1.54, 1.807) is 7.05 Å². The summed E-state index contributed by atoms with van der Waals surface area (Å²) in [7, 11) is 3.93. The molecule has 0 bridgehead atoms. The molecule has 30 heavy (non-hydrogen) atoms. The fourth-order valence-electron chi connectivity index (χ4n) is 4.98. The first kappa shape index (κ1) is 20.8. The molecule has 2 saturated heterocycles. The molecule has 160 valence electrons. The van der Waals surface area contributed by atoms with Crippen LogP contribution in [0.15, 0.2) is 35.5 Å². The van der Waals surface area contributed by atoms with Gasteiger partial charge in [-0.15, -0.1) is 0 Å². The zero-order chi connectivity index (χ0) is 21.1. The van der Waals surface area contributed by atoms with E-state index in [1.165, 1.54) is 10.9 Å². The lowest BCUT2D eigenvalue weighted by Gasteiger charge is -2.38. The van der Waals surface area contributed by atoms with Gasteiger partial charge in [-0.1, -0.05) is 25.1 Å². The van der Waals surface area contributed by atoms with Crippen LogP contribution in [0.4, 0.5) is 4.79 Å². The number of carbonyl (C=O) groups excluding carboxylic acids is 1. The number of benzene rings is 1. The van der Waals surface area contributed by atoms with Gasteiger partial charge < -0.3 is 15.1 Å². The van der Waals surface area contributed by atoms with Crippen molar-refractivity contribution >= 4 is 23.1 Å². The summed E-state index contributed by atoms with van der Waals surface area (Å²) in [6, 6.07) is 8.85. The Hall–Kier alpha value is -2.47. The van der Waals surface area contributed by atoms with Crippen molar-refractivity contribution < 1.29 is 4.79 Å². The van der Waals surface area contributed by atoms with Gasteiger partial charge in [0, 0.05) is 55.5 Å². The second-order valence-electron chi connectivity index (χ2n) is 9.00. The molecule has 2 aliphatic heterocycles. The molecule has 6 heteroatoms. The minimum atomic E-state index is 0.0956. The first-order valence-electron chi connectivity index (χ1n) is 11.1. The van der Waals surface area contributed by atoms with Gasteiger partial charge in [-0.3, -0.25) is 9.98 Å². The van der Waals surface area contributed by atoms with Crippen LogP contribution in [0.1, 0.15) is 43.2 Å². The number of fused-ring (bicyclic) bond motifs is 1. The molecule has 3 heterocycles. The third kappa shape index (κ3) is 4.48. The second kappa shape index (κ2) is 9.13. The molecule has 1 aromatic heterocycles. The number of aromatic nitrogens is 1. The smallest absolute Gasteiger partial charge is 0.317 e. The maximum absolute atomic E-state index is 13.0. The monoisotopic (exact) mass is 407 g/mol. The van der Waals surface area contributed by atoms with Crippen LogP contribution in [0.3, 0.4) is 0 Å². The average molecular weight is 408 g/mol. The van der Waals surface area contributed by atoms with E-state index in [9.17, 15) is 4.79 Å². The molecule has 6 nitrogen and oxygen atoms in total. The number of rotatable bonds is 3. The van der Waals surface area contributed by atoms with Crippen LogP contribution in [-0.4, -0.2) is 73.3 Å². The predicted molar refractivity (Wildman–Crippen MR) is 122 cm³/mol. The summed E-state index contributed by atoms with van der Waals surface area (Å²) in [6.45, 7) is 5.94. The van der Waals surface area contributed by atoms with Crippen molar-refractivity contribution in [2.45, 2.75) is 38.1 Å². The summed E-state index contributed by atoms with van der Waals surface area (Å²) in [6.07, 6.45) is 6.86. The van der Waals surface area contributed by atoms with Gasteiger partial charge in [0.1, 0.15) is 0 Å². The Kier molecular flexibility index (Phi) is 6.32. The van der Waals surface area contributed by atoms with E-state index in [-0.39, 0.29) is 6.03 Å². The van der Waals surface area contributed by atoms with Crippen molar-refractivity contribution in [3.63, 3.8) is 0 Å². The molecular weight excluding hydrogens is 374 g/mol. The number of piperidine rings is 2. The third-order valence-corrected chi connectivity index (χ3v) is 6.54. The maximum Gasteiger partial charge on any atom is 0.317 e. The van der Waals surface area contributed by atoms with Crippen molar-refractivity contribution in [2.24, 2.45) is 10.9 Å². The van der Waals surface area contributed by atoms with Gasteiger partial charge in [-0.25, -0.2) is 4.79 Å².